The molecule has 0 bridgehead atoms. The van der Waals surface area contributed by atoms with E-state index in [1.165, 1.54) is 10.6 Å². The number of nitrogens with two attached hydrogens (primary N) is 1. The number of aryl methyl sites for hydroxylation is 2. The molecule has 0 amide bonds. The Hall–Kier alpha value is -4.49. The van der Waals surface area contributed by atoms with Gasteiger partial charge in [0, 0.05) is 47.9 Å². The Morgan fingerprint density at radius 3 is 1.59 bits per heavy atom. The number of rotatable bonds is 17. The fourth-order valence-electron chi connectivity index (χ4n) is 7.05. The molecule has 354 valence electrons. The average molecular weight is 1090 g/mol. The van der Waals surface area contributed by atoms with Crippen LogP contribution in [0.4, 0.5) is 5.69 Å². The fraction of sp³-hybridized carbons (Fsp3) is 0.395. The number of aromatic nitrogens is 6. The zero-order chi connectivity index (χ0) is 48.1. The van der Waals surface area contributed by atoms with E-state index < -0.39 is 30.1 Å². The number of carbonyl (C=O) groups excluding carboxylic acids is 2. The summed E-state index contributed by atoms with van der Waals surface area (Å²) < 4.78 is 86.9. The number of imidazole rings is 2. The standard InChI is InChI=1S/C21H23BrN4O4S.C19H18BrN3O3S.C3H9NO3S/c1-13-9-15(5-6-16(13)19(27)10-14-3-4-14)18-12-24-21-17(11-20(22)25-26(18)21)23-7-2-8-31(28,29)30;1-11-7-13(5-6-14(11)16(24)8-12-3-4-12)15-10-21-19-17(27(2,25)26)9-18(20)22-23(15)19;4-2-1-3-8(5,6)7/h5-6,9,11-12,14,23H,2-4,7-8,10H2,1H3,(H,28,29,30);5-7,9-10,12H,3-4,8H2,1-2H3;1-4H2,(H,5,6,7). The summed E-state index contributed by atoms with van der Waals surface area (Å²) in [5, 5.41) is 12.0. The Balaban J connectivity index is 0.000000189. The summed E-state index contributed by atoms with van der Waals surface area (Å²) in [7, 11) is -11.2. The maximum Gasteiger partial charge on any atom is 0.264 e. The van der Waals surface area contributed by atoms with Crippen LogP contribution < -0.4 is 11.1 Å². The summed E-state index contributed by atoms with van der Waals surface area (Å²) in [5.74, 6) is 0.931. The number of carbonyl (C=O) groups is 2. The fourth-order valence-corrected chi connectivity index (χ4v) is 9.81. The molecule has 0 saturated heterocycles. The number of halogens is 2. The highest BCUT2D eigenvalue weighted by atomic mass is 79.9. The molecule has 0 spiro atoms. The molecular formula is C43H50Br2N8O10S3. The van der Waals surface area contributed by atoms with Gasteiger partial charge < -0.3 is 11.1 Å². The molecule has 2 aromatic carbocycles. The van der Waals surface area contributed by atoms with Crippen molar-refractivity contribution < 1.29 is 43.9 Å². The molecule has 2 aliphatic rings. The van der Waals surface area contributed by atoms with Gasteiger partial charge in [0.2, 0.25) is 0 Å². The van der Waals surface area contributed by atoms with Crippen LogP contribution in [0, 0.1) is 25.7 Å². The first-order valence-corrected chi connectivity index (χ1v) is 27.6. The third-order valence-electron chi connectivity index (χ3n) is 10.7. The van der Waals surface area contributed by atoms with Crippen molar-refractivity contribution in [3.63, 3.8) is 0 Å². The van der Waals surface area contributed by atoms with Gasteiger partial charge in [0.15, 0.2) is 32.7 Å². The molecule has 0 aliphatic heterocycles. The number of anilines is 1. The largest absolute Gasteiger partial charge is 0.382 e. The summed E-state index contributed by atoms with van der Waals surface area (Å²) in [5.41, 5.74) is 13.0. The average Bonchev–Trinajstić information content (AvgIpc) is 4.14. The van der Waals surface area contributed by atoms with Gasteiger partial charge in [-0.3, -0.25) is 18.7 Å². The highest BCUT2D eigenvalue weighted by molar-refractivity contribution is 9.10. The maximum absolute atomic E-state index is 12.5. The predicted molar refractivity (Wildman–Crippen MR) is 258 cm³/mol. The molecule has 4 heterocycles. The van der Waals surface area contributed by atoms with Gasteiger partial charge in [-0.25, -0.2) is 27.4 Å². The monoisotopic (exact) mass is 1090 g/mol. The van der Waals surface area contributed by atoms with Crippen molar-refractivity contribution in [2.75, 3.05) is 36.2 Å². The van der Waals surface area contributed by atoms with E-state index in [2.05, 4.69) is 57.3 Å². The van der Waals surface area contributed by atoms with Crippen LogP contribution >= 0.6 is 31.9 Å². The van der Waals surface area contributed by atoms with Crippen LogP contribution in [0.25, 0.3) is 33.8 Å². The quantitative estimate of drug-likeness (QED) is 0.0399. The van der Waals surface area contributed by atoms with E-state index in [0.717, 1.165) is 71.0 Å². The number of sulfone groups is 1. The van der Waals surface area contributed by atoms with Crippen molar-refractivity contribution in [3.05, 3.63) is 92.4 Å². The normalized spacial score (nSPS) is 14.1. The number of fused-ring (bicyclic) bond motifs is 2. The summed E-state index contributed by atoms with van der Waals surface area (Å²) >= 11 is 6.68. The number of hydrogen-bond acceptors (Lipinski definition) is 14. The van der Waals surface area contributed by atoms with E-state index in [-0.39, 0.29) is 40.0 Å². The molecule has 23 heteroatoms. The SMILES string of the molecule is Cc1cc(-c2cnc3c(NCCCS(=O)(=O)O)cc(Br)nn23)ccc1C(=O)CC1CC1.Cc1cc(-c2cnc3c(S(C)(=O)=O)cc(Br)nn23)ccc1C(=O)CC1CC1.NCCCS(=O)(=O)O. The zero-order valence-corrected chi connectivity index (χ0v) is 41.9. The van der Waals surface area contributed by atoms with Crippen LogP contribution in [0.2, 0.25) is 0 Å². The van der Waals surface area contributed by atoms with E-state index in [9.17, 15) is 34.8 Å². The van der Waals surface area contributed by atoms with Crippen molar-refractivity contribution in [1.82, 2.24) is 29.2 Å². The second-order valence-corrected chi connectivity index (χ2v) is 23.2. The van der Waals surface area contributed by atoms with E-state index in [1.54, 1.807) is 23.0 Å². The smallest absolute Gasteiger partial charge is 0.264 e. The summed E-state index contributed by atoms with van der Waals surface area (Å²) in [4.78, 5) is 33.8. The van der Waals surface area contributed by atoms with Gasteiger partial charge >= 0.3 is 0 Å². The third kappa shape index (κ3) is 14.0. The van der Waals surface area contributed by atoms with Gasteiger partial charge in [-0.2, -0.15) is 27.0 Å². The molecule has 2 fully saturated rings. The third-order valence-corrected chi connectivity index (χ3v) is 14.2. The Morgan fingerprint density at radius 2 is 1.17 bits per heavy atom. The molecular weight excluding hydrogens is 1040 g/mol. The Labute approximate surface area is 399 Å². The van der Waals surface area contributed by atoms with E-state index in [1.807, 2.05) is 50.2 Å². The first kappa shape index (κ1) is 50.9. The van der Waals surface area contributed by atoms with Crippen LogP contribution in [-0.2, 0) is 30.1 Å². The molecule has 4 aromatic heterocycles. The van der Waals surface area contributed by atoms with Crippen LogP contribution in [0.15, 0.2) is 75.0 Å². The lowest BCUT2D eigenvalue weighted by Crippen LogP contribution is -2.11. The number of ketones is 2. The molecule has 0 radical (unpaired) electrons. The van der Waals surface area contributed by atoms with Crippen LogP contribution in [0.1, 0.15) is 83.2 Å². The molecule has 2 saturated carbocycles. The first-order chi connectivity index (χ1) is 31.0. The topological polar surface area (TPSA) is 275 Å². The van der Waals surface area contributed by atoms with Gasteiger partial charge in [0.1, 0.15) is 14.1 Å². The van der Waals surface area contributed by atoms with Crippen LogP contribution in [0.3, 0.4) is 0 Å². The van der Waals surface area contributed by atoms with E-state index in [4.69, 9.17) is 14.8 Å². The summed E-state index contributed by atoms with van der Waals surface area (Å²) in [6.07, 6.45) is 10.9. The molecule has 0 atom stereocenters. The molecule has 5 N–H and O–H groups in total. The Kier molecular flexibility index (Phi) is 16.4. The Bertz CT molecular complexity index is 3130. The molecule has 0 unspecified atom stereocenters. The van der Waals surface area contributed by atoms with Crippen molar-refractivity contribution in [3.8, 4) is 22.5 Å². The first-order valence-electron chi connectivity index (χ1n) is 20.9. The molecule has 6 aromatic rings. The van der Waals surface area contributed by atoms with Crippen molar-refractivity contribution in [1.29, 1.82) is 0 Å². The number of hydrogen-bond donors (Lipinski definition) is 4. The molecule has 18 nitrogen and oxygen atoms in total. The Morgan fingerprint density at radius 1 is 0.712 bits per heavy atom. The van der Waals surface area contributed by atoms with Gasteiger partial charge in [0.25, 0.3) is 20.2 Å². The predicted octanol–water partition coefficient (Wildman–Crippen LogP) is 7.22. The zero-order valence-electron chi connectivity index (χ0n) is 36.3. The number of nitrogens with zero attached hydrogens (tertiary/aromatic N) is 6. The van der Waals surface area contributed by atoms with Gasteiger partial charge in [-0.15, -0.1) is 0 Å². The minimum absolute atomic E-state index is 0.114. The summed E-state index contributed by atoms with van der Waals surface area (Å²) in [6.45, 7) is 4.50. The van der Waals surface area contributed by atoms with Crippen molar-refractivity contribution in [2.45, 2.75) is 70.1 Å². The van der Waals surface area contributed by atoms with Crippen molar-refractivity contribution >= 4 is 90.5 Å². The highest BCUT2D eigenvalue weighted by Crippen LogP contribution is 2.36. The number of Topliss-reactive ketones (excluding diaryl/α,β-unsaturated/α-hetero) is 2. The lowest BCUT2D eigenvalue weighted by Gasteiger charge is -2.10. The highest BCUT2D eigenvalue weighted by Gasteiger charge is 2.27. The minimum Gasteiger partial charge on any atom is -0.382 e. The number of benzene rings is 2. The van der Waals surface area contributed by atoms with Gasteiger partial charge in [0.05, 0.1) is 41.0 Å². The molecule has 66 heavy (non-hydrogen) atoms. The van der Waals surface area contributed by atoms with Gasteiger partial charge in [-0.1, -0.05) is 24.3 Å². The lowest BCUT2D eigenvalue weighted by molar-refractivity contribution is 0.0967. The van der Waals surface area contributed by atoms with E-state index in [0.29, 0.717) is 70.4 Å². The lowest BCUT2D eigenvalue weighted by atomic mass is 9.98. The molecule has 2 aliphatic carbocycles. The van der Waals surface area contributed by atoms with Crippen molar-refractivity contribution in [2.24, 2.45) is 17.6 Å². The minimum atomic E-state index is -3.98. The summed E-state index contributed by atoms with van der Waals surface area (Å²) in [6, 6.07) is 14.6. The second-order valence-electron chi connectivity index (χ2n) is 16.4. The van der Waals surface area contributed by atoms with Crippen LogP contribution in [-0.4, -0.2) is 106 Å². The second kappa shape index (κ2) is 21.2. The van der Waals surface area contributed by atoms with E-state index >= 15 is 0 Å². The van der Waals surface area contributed by atoms with Crippen LogP contribution in [0.5, 0.6) is 0 Å². The number of nitrogens with one attached hydrogen (secondary N) is 1. The maximum atomic E-state index is 12.5. The molecule has 8 rings (SSSR count). The van der Waals surface area contributed by atoms with Gasteiger partial charge in [-0.05, 0) is 138 Å².